The fraction of sp³-hybridized carbons (Fsp3) is 0.625. The Kier molecular flexibility index (Phi) is 7.25. The van der Waals surface area contributed by atoms with E-state index in [-0.39, 0.29) is 0 Å². The second-order valence-electron chi connectivity index (χ2n) is 4.99. The molecule has 2 nitrogen and oxygen atoms in total. The van der Waals surface area contributed by atoms with Crippen LogP contribution >= 0.6 is 11.6 Å². The summed E-state index contributed by atoms with van der Waals surface area (Å²) in [6.07, 6.45) is 2.46. The van der Waals surface area contributed by atoms with Crippen LogP contribution in [0.15, 0.2) is 18.2 Å². The van der Waals surface area contributed by atoms with Crippen molar-refractivity contribution in [3.8, 4) is 0 Å². The standard InChI is InChI=1S/C16H27ClN2/c1-5-13(6-2)12-19(7-3)16-10-8-9-15(17)14(16)11-18-4/h8-10,13,18H,5-7,11-12H2,1-4H3. The molecule has 1 aromatic rings. The van der Waals surface area contributed by atoms with E-state index >= 15 is 0 Å². The summed E-state index contributed by atoms with van der Waals surface area (Å²) in [6.45, 7) is 9.71. The fourth-order valence-electron chi connectivity index (χ4n) is 2.45. The lowest BCUT2D eigenvalue weighted by atomic mass is 10.0. The number of benzene rings is 1. The van der Waals surface area contributed by atoms with E-state index in [4.69, 9.17) is 11.6 Å². The Balaban J connectivity index is 3.00. The number of anilines is 1. The summed E-state index contributed by atoms with van der Waals surface area (Å²) in [6, 6.07) is 6.21. The van der Waals surface area contributed by atoms with E-state index in [2.05, 4.69) is 37.1 Å². The predicted octanol–water partition coefficient (Wildman–Crippen LogP) is 4.32. The van der Waals surface area contributed by atoms with Crippen molar-refractivity contribution in [1.82, 2.24) is 5.32 Å². The topological polar surface area (TPSA) is 15.3 Å². The molecule has 1 rings (SSSR count). The lowest BCUT2D eigenvalue weighted by Crippen LogP contribution is -2.30. The first-order valence-electron chi connectivity index (χ1n) is 7.34. The molecule has 0 aliphatic heterocycles. The van der Waals surface area contributed by atoms with Gasteiger partial charge in [-0.15, -0.1) is 0 Å². The highest BCUT2D eigenvalue weighted by Gasteiger charge is 2.15. The SMILES string of the molecule is CCC(CC)CN(CC)c1cccc(Cl)c1CNC. The summed E-state index contributed by atoms with van der Waals surface area (Å²) in [5, 5.41) is 4.07. The predicted molar refractivity (Wildman–Crippen MR) is 86.2 cm³/mol. The van der Waals surface area contributed by atoms with Crippen LogP contribution in [0.4, 0.5) is 5.69 Å². The van der Waals surface area contributed by atoms with Gasteiger partial charge in [-0.2, -0.15) is 0 Å². The van der Waals surface area contributed by atoms with Gasteiger partial charge in [0.05, 0.1) is 0 Å². The number of hydrogen-bond acceptors (Lipinski definition) is 2. The van der Waals surface area contributed by atoms with E-state index in [0.29, 0.717) is 0 Å². The number of nitrogens with one attached hydrogen (secondary N) is 1. The van der Waals surface area contributed by atoms with Gasteiger partial charge in [-0.25, -0.2) is 0 Å². The van der Waals surface area contributed by atoms with E-state index in [1.54, 1.807) is 0 Å². The molecule has 1 aromatic carbocycles. The molecule has 1 N–H and O–H groups in total. The van der Waals surface area contributed by atoms with Gasteiger partial charge >= 0.3 is 0 Å². The summed E-state index contributed by atoms with van der Waals surface area (Å²) < 4.78 is 0. The Hall–Kier alpha value is -0.730. The van der Waals surface area contributed by atoms with E-state index in [1.807, 2.05) is 19.2 Å². The second kappa shape index (κ2) is 8.44. The molecular formula is C16H27ClN2. The Bertz CT molecular complexity index is 375. The third-order valence-corrected chi connectivity index (χ3v) is 4.16. The molecule has 0 saturated heterocycles. The summed E-state index contributed by atoms with van der Waals surface area (Å²) >= 11 is 6.35. The van der Waals surface area contributed by atoms with Gasteiger partial charge in [0.1, 0.15) is 0 Å². The minimum absolute atomic E-state index is 0.751. The van der Waals surface area contributed by atoms with Crippen LogP contribution in [0.2, 0.25) is 5.02 Å². The molecule has 0 aliphatic rings. The molecule has 0 heterocycles. The third-order valence-electron chi connectivity index (χ3n) is 3.80. The monoisotopic (exact) mass is 282 g/mol. The first-order chi connectivity index (χ1) is 9.17. The fourth-order valence-corrected chi connectivity index (χ4v) is 2.69. The van der Waals surface area contributed by atoms with Crippen molar-refractivity contribution < 1.29 is 0 Å². The zero-order valence-corrected chi connectivity index (χ0v) is 13.4. The van der Waals surface area contributed by atoms with Crippen LogP contribution in [0, 0.1) is 5.92 Å². The molecule has 0 fully saturated rings. The van der Waals surface area contributed by atoms with Crippen molar-refractivity contribution in [3.63, 3.8) is 0 Å². The van der Waals surface area contributed by atoms with E-state index < -0.39 is 0 Å². The highest BCUT2D eigenvalue weighted by molar-refractivity contribution is 6.31. The maximum Gasteiger partial charge on any atom is 0.0471 e. The third kappa shape index (κ3) is 4.39. The second-order valence-corrected chi connectivity index (χ2v) is 5.40. The van der Waals surface area contributed by atoms with Crippen molar-refractivity contribution in [2.24, 2.45) is 5.92 Å². The van der Waals surface area contributed by atoms with Crippen molar-refractivity contribution in [1.29, 1.82) is 0 Å². The van der Waals surface area contributed by atoms with E-state index in [1.165, 1.54) is 24.1 Å². The van der Waals surface area contributed by atoms with Crippen LogP contribution in [-0.2, 0) is 6.54 Å². The molecule has 0 aromatic heterocycles. The summed E-state index contributed by atoms with van der Waals surface area (Å²) in [5.74, 6) is 0.751. The Morgan fingerprint density at radius 1 is 1.21 bits per heavy atom. The minimum Gasteiger partial charge on any atom is -0.371 e. The van der Waals surface area contributed by atoms with Crippen LogP contribution in [-0.4, -0.2) is 20.1 Å². The van der Waals surface area contributed by atoms with Crippen LogP contribution < -0.4 is 10.2 Å². The van der Waals surface area contributed by atoms with Crippen molar-refractivity contribution in [3.05, 3.63) is 28.8 Å². The molecule has 0 saturated carbocycles. The van der Waals surface area contributed by atoms with E-state index in [9.17, 15) is 0 Å². The molecule has 108 valence electrons. The van der Waals surface area contributed by atoms with Gasteiger partial charge in [0.25, 0.3) is 0 Å². The molecule has 0 spiro atoms. The summed E-state index contributed by atoms with van der Waals surface area (Å²) in [5.41, 5.74) is 2.48. The van der Waals surface area contributed by atoms with Gasteiger partial charge in [0.15, 0.2) is 0 Å². The molecule has 0 aliphatic carbocycles. The van der Waals surface area contributed by atoms with Crippen LogP contribution in [0.3, 0.4) is 0 Å². The molecule has 19 heavy (non-hydrogen) atoms. The zero-order chi connectivity index (χ0) is 14.3. The van der Waals surface area contributed by atoms with Gasteiger partial charge in [0.2, 0.25) is 0 Å². The Labute approximate surface area is 123 Å². The number of rotatable bonds is 8. The first-order valence-corrected chi connectivity index (χ1v) is 7.72. The molecule has 0 unspecified atom stereocenters. The van der Waals surface area contributed by atoms with Crippen LogP contribution in [0.25, 0.3) is 0 Å². The van der Waals surface area contributed by atoms with Gasteiger partial charge in [0, 0.05) is 35.9 Å². The molecule has 0 bridgehead atoms. The smallest absolute Gasteiger partial charge is 0.0471 e. The average Bonchev–Trinajstić information content (AvgIpc) is 2.43. The molecule has 0 amide bonds. The number of hydrogen-bond donors (Lipinski definition) is 1. The largest absolute Gasteiger partial charge is 0.371 e. The summed E-state index contributed by atoms with van der Waals surface area (Å²) in [7, 11) is 1.96. The average molecular weight is 283 g/mol. The molecule has 0 atom stereocenters. The lowest BCUT2D eigenvalue weighted by molar-refractivity contribution is 0.485. The first kappa shape index (κ1) is 16.3. The van der Waals surface area contributed by atoms with Gasteiger partial charge in [-0.3, -0.25) is 0 Å². The van der Waals surface area contributed by atoms with Gasteiger partial charge in [-0.1, -0.05) is 44.4 Å². The molecular weight excluding hydrogens is 256 g/mol. The summed E-state index contributed by atoms with van der Waals surface area (Å²) in [4.78, 5) is 2.45. The molecule has 3 heteroatoms. The maximum absolute atomic E-state index is 6.35. The van der Waals surface area contributed by atoms with Crippen molar-refractivity contribution in [2.45, 2.75) is 40.2 Å². The van der Waals surface area contributed by atoms with Crippen LogP contribution in [0.1, 0.15) is 39.2 Å². The normalized spacial score (nSPS) is 11.1. The van der Waals surface area contributed by atoms with Gasteiger partial charge < -0.3 is 10.2 Å². The van der Waals surface area contributed by atoms with E-state index in [0.717, 1.165) is 30.6 Å². The maximum atomic E-state index is 6.35. The zero-order valence-electron chi connectivity index (χ0n) is 12.7. The van der Waals surface area contributed by atoms with Crippen LogP contribution in [0.5, 0.6) is 0 Å². The Morgan fingerprint density at radius 2 is 1.89 bits per heavy atom. The van der Waals surface area contributed by atoms with Gasteiger partial charge in [-0.05, 0) is 32.0 Å². The Morgan fingerprint density at radius 3 is 2.42 bits per heavy atom. The minimum atomic E-state index is 0.751. The number of nitrogens with zero attached hydrogens (tertiary/aromatic N) is 1. The quantitative estimate of drug-likeness (QED) is 0.764. The van der Waals surface area contributed by atoms with Crippen molar-refractivity contribution in [2.75, 3.05) is 25.0 Å². The lowest BCUT2D eigenvalue weighted by Gasteiger charge is -2.29. The number of halogens is 1. The highest BCUT2D eigenvalue weighted by Crippen LogP contribution is 2.28. The van der Waals surface area contributed by atoms with Crippen molar-refractivity contribution >= 4 is 17.3 Å². The molecule has 0 radical (unpaired) electrons. The highest BCUT2D eigenvalue weighted by atomic mass is 35.5.